The molecule has 0 unspecified atom stereocenters. The van der Waals surface area contributed by atoms with E-state index in [0.717, 1.165) is 5.56 Å². The fraction of sp³-hybridized carbons (Fsp3) is 0.167. The predicted octanol–water partition coefficient (Wildman–Crippen LogP) is 1.54. The van der Waals surface area contributed by atoms with E-state index in [0.29, 0.717) is 17.9 Å². The molecule has 0 atom stereocenters. The molecule has 0 fully saturated rings. The van der Waals surface area contributed by atoms with Crippen LogP contribution in [0.25, 0.3) is 0 Å². The molecule has 2 aromatic rings. The highest BCUT2D eigenvalue weighted by atomic mass is 32.2. The van der Waals surface area contributed by atoms with Gasteiger partial charge < -0.3 is 4.98 Å². The third kappa shape index (κ3) is 3.18. The van der Waals surface area contributed by atoms with Crippen molar-refractivity contribution in [3.8, 4) is 0 Å². The molecule has 1 aromatic heterocycles. The summed E-state index contributed by atoms with van der Waals surface area (Å²) in [6, 6.07) is 10.3. The second kappa shape index (κ2) is 5.16. The molecule has 2 N–H and O–H groups in total. The molecule has 0 aliphatic rings. The first-order chi connectivity index (χ1) is 8.18. The van der Waals surface area contributed by atoms with Gasteiger partial charge in [0, 0.05) is 18.9 Å². The van der Waals surface area contributed by atoms with Gasteiger partial charge in [0.05, 0.1) is 4.90 Å². The first kappa shape index (κ1) is 11.9. The molecule has 0 spiro atoms. The Morgan fingerprint density at radius 1 is 1.12 bits per heavy atom. The molecule has 17 heavy (non-hydrogen) atoms. The van der Waals surface area contributed by atoms with Gasteiger partial charge in [-0.25, -0.2) is 13.1 Å². The van der Waals surface area contributed by atoms with Crippen LogP contribution in [0.5, 0.6) is 0 Å². The van der Waals surface area contributed by atoms with Crippen molar-refractivity contribution in [1.82, 2.24) is 9.71 Å². The Bertz CT molecular complexity index is 547. The van der Waals surface area contributed by atoms with Crippen LogP contribution in [0.1, 0.15) is 5.56 Å². The minimum atomic E-state index is -3.37. The number of benzene rings is 1. The van der Waals surface area contributed by atoms with Gasteiger partial charge >= 0.3 is 0 Å². The van der Waals surface area contributed by atoms with Gasteiger partial charge in [-0.3, -0.25) is 0 Å². The molecule has 4 nitrogen and oxygen atoms in total. The van der Waals surface area contributed by atoms with Gasteiger partial charge in [0.15, 0.2) is 0 Å². The molecule has 0 bridgehead atoms. The Balaban J connectivity index is 1.95. The Morgan fingerprint density at radius 3 is 2.53 bits per heavy atom. The van der Waals surface area contributed by atoms with Gasteiger partial charge in [0.25, 0.3) is 0 Å². The predicted molar refractivity (Wildman–Crippen MR) is 66.1 cm³/mol. The number of hydrogen-bond acceptors (Lipinski definition) is 2. The molecule has 1 aromatic carbocycles. The first-order valence-corrected chi connectivity index (χ1v) is 6.83. The number of rotatable bonds is 5. The molecule has 0 amide bonds. The molecule has 1 heterocycles. The van der Waals surface area contributed by atoms with Crippen LogP contribution in [0, 0.1) is 0 Å². The topological polar surface area (TPSA) is 62.0 Å². The maximum absolute atomic E-state index is 11.8. The fourth-order valence-electron chi connectivity index (χ4n) is 1.53. The van der Waals surface area contributed by atoms with Crippen LogP contribution in [0.2, 0.25) is 0 Å². The lowest BCUT2D eigenvalue weighted by Gasteiger charge is -2.05. The molecule has 90 valence electrons. The third-order valence-corrected chi connectivity index (χ3v) is 3.90. The molecule has 0 aliphatic carbocycles. The van der Waals surface area contributed by atoms with Crippen molar-refractivity contribution in [3.05, 3.63) is 54.4 Å². The largest absolute Gasteiger partial charge is 0.367 e. The van der Waals surface area contributed by atoms with E-state index in [2.05, 4.69) is 9.71 Å². The summed E-state index contributed by atoms with van der Waals surface area (Å²) < 4.78 is 26.3. The summed E-state index contributed by atoms with van der Waals surface area (Å²) in [6.45, 7) is 0.398. The average molecular weight is 250 g/mol. The van der Waals surface area contributed by atoms with Crippen LogP contribution < -0.4 is 4.72 Å². The van der Waals surface area contributed by atoms with Crippen LogP contribution in [0.15, 0.2) is 53.7 Å². The number of hydrogen-bond donors (Lipinski definition) is 2. The lowest BCUT2D eigenvalue weighted by atomic mass is 10.2. The summed E-state index contributed by atoms with van der Waals surface area (Å²) in [6.07, 6.45) is 4.35. The van der Waals surface area contributed by atoms with Gasteiger partial charge in [0.2, 0.25) is 10.0 Å². The Kier molecular flexibility index (Phi) is 3.61. The molecule has 0 radical (unpaired) electrons. The summed E-state index contributed by atoms with van der Waals surface area (Å²) in [4.78, 5) is 3.23. The SMILES string of the molecule is O=S(=O)(NCCc1cc[nH]c1)c1ccccc1. The summed E-state index contributed by atoms with van der Waals surface area (Å²) in [7, 11) is -3.37. The van der Waals surface area contributed by atoms with Crippen LogP contribution >= 0.6 is 0 Å². The number of nitrogens with one attached hydrogen (secondary N) is 2. The maximum atomic E-state index is 11.8. The molecular formula is C12H14N2O2S. The first-order valence-electron chi connectivity index (χ1n) is 5.35. The molecule has 0 saturated heterocycles. The smallest absolute Gasteiger partial charge is 0.240 e. The van der Waals surface area contributed by atoms with Gasteiger partial charge in [-0.1, -0.05) is 18.2 Å². The van der Waals surface area contributed by atoms with Crippen LogP contribution in [-0.4, -0.2) is 19.9 Å². The van der Waals surface area contributed by atoms with Crippen molar-refractivity contribution in [2.45, 2.75) is 11.3 Å². The van der Waals surface area contributed by atoms with Gasteiger partial charge in [-0.05, 0) is 30.2 Å². The van der Waals surface area contributed by atoms with E-state index < -0.39 is 10.0 Å². The average Bonchev–Trinajstić information content (AvgIpc) is 2.83. The fourth-order valence-corrected chi connectivity index (χ4v) is 2.58. The zero-order valence-electron chi connectivity index (χ0n) is 9.26. The summed E-state index contributed by atoms with van der Waals surface area (Å²) >= 11 is 0. The van der Waals surface area contributed by atoms with Crippen LogP contribution in [0.4, 0.5) is 0 Å². The van der Waals surface area contributed by atoms with E-state index in [-0.39, 0.29) is 0 Å². The second-order valence-electron chi connectivity index (χ2n) is 3.68. The van der Waals surface area contributed by atoms with Crippen molar-refractivity contribution >= 4 is 10.0 Å². The number of H-pyrrole nitrogens is 1. The minimum absolute atomic E-state index is 0.300. The summed E-state index contributed by atoms with van der Waals surface area (Å²) in [5, 5.41) is 0. The second-order valence-corrected chi connectivity index (χ2v) is 5.45. The van der Waals surface area contributed by atoms with E-state index in [1.54, 1.807) is 30.3 Å². The molecule has 0 saturated carbocycles. The Labute approximate surface area is 101 Å². The van der Waals surface area contributed by atoms with E-state index in [1.165, 1.54) is 0 Å². The number of sulfonamides is 1. The molecule has 0 aliphatic heterocycles. The third-order valence-electron chi connectivity index (χ3n) is 2.42. The van der Waals surface area contributed by atoms with E-state index in [1.807, 2.05) is 18.5 Å². The standard InChI is InChI=1S/C12H14N2O2S/c15-17(16,12-4-2-1-3-5-12)14-9-7-11-6-8-13-10-11/h1-6,8,10,13-14H,7,9H2. The quantitative estimate of drug-likeness (QED) is 0.845. The van der Waals surface area contributed by atoms with Gasteiger partial charge in [-0.15, -0.1) is 0 Å². The van der Waals surface area contributed by atoms with Crippen LogP contribution in [-0.2, 0) is 16.4 Å². The van der Waals surface area contributed by atoms with Crippen molar-refractivity contribution in [3.63, 3.8) is 0 Å². The van der Waals surface area contributed by atoms with Crippen molar-refractivity contribution in [1.29, 1.82) is 0 Å². The maximum Gasteiger partial charge on any atom is 0.240 e. The highest BCUT2D eigenvalue weighted by Gasteiger charge is 2.11. The lowest BCUT2D eigenvalue weighted by molar-refractivity contribution is 0.581. The highest BCUT2D eigenvalue weighted by Crippen LogP contribution is 2.07. The highest BCUT2D eigenvalue weighted by molar-refractivity contribution is 7.89. The summed E-state index contributed by atoms with van der Waals surface area (Å²) in [5.41, 5.74) is 1.08. The molecule has 5 heteroatoms. The van der Waals surface area contributed by atoms with Gasteiger partial charge in [0.1, 0.15) is 0 Å². The van der Waals surface area contributed by atoms with Crippen molar-refractivity contribution in [2.24, 2.45) is 0 Å². The monoisotopic (exact) mass is 250 g/mol. The van der Waals surface area contributed by atoms with Crippen LogP contribution in [0.3, 0.4) is 0 Å². The summed E-state index contributed by atoms with van der Waals surface area (Å²) in [5.74, 6) is 0. The van der Waals surface area contributed by atoms with Gasteiger partial charge in [-0.2, -0.15) is 0 Å². The molecule has 2 rings (SSSR count). The minimum Gasteiger partial charge on any atom is -0.367 e. The number of aromatic nitrogens is 1. The van der Waals surface area contributed by atoms with E-state index in [9.17, 15) is 8.42 Å². The Hall–Kier alpha value is -1.59. The van der Waals surface area contributed by atoms with Crippen molar-refractivity contribution < 1.29 is 8.42 Å². The van der Waals surface area contributed by atoms with E-state index in [4.69, 9.17) is 0 Å². The van der Waals surface area contributed by atoms with Crippen molar-refractivity contribution in [2.75, 3.05) is 6.54 Å². The lowest BCUT2D eigenvalue weighted by Crippen LogP contribution is -2.25. The van der Waals surface area contributed by atoms with E-state index >= 15 is 0 Å². The zero-order valence-corrected chi connectivity index (χ0v) is 10.1. The Morgan fingerprint density at radius 2 is 1.88 bits per heavy atom. The molecular weight excluding hydrogens is 236 g/mol. The zero-order chi connectivity index (χ0) is 12.1. The number of aromatic amines is 1. The normalized spacial score (nSPS) is 11.5.